The lowest BCUT2D eigenvalue weighted by molar-refractivity contribution is -0.143. The highest BCUT2D eigenvalue weighted by molar-refractivity contribution is 5.84. The first-order chi connectivity index (χ1) is 9.43. The summed E-state index contributed by atoms with van der Waals surface area (Å²) in [5.74, 6) is -1.36. The number of hydrogen-bond acceptors (Lipinski definition) is 4. The number of carboxylic acid groups (broad SMARTS) is 1. The van der Waals surface area contributed by atoms with Gasteiger partial charge in [0.1, 0.15) is 11.8 Å². The molecule has 0 spiro atoms. The van der Waals surface area contributed by atoms with Crippen LogP contribution in [0.1, 0.15) is 19.4 Å². The molecule has 0 heterocycles. The molecule has 0 bridgehead atoms. The topological polar surface area (TPSA) is 99.4 Å². The SMILES string of the molecule is CC(C)C(NC(=O)COc1ccc(C#N)cc1)C(=O)O. The quantitative estimate of drug-likeness (QED) is 0.812. The number of amides is 1. The molecule has 1 aromatic carbocycles. The number of benzene rings is 1. The van der Waals surface area contributed by atoms with E-state index in [1.54, 1.807) is 38.1 Å². The number of ether oxygens (including phenoxy) is 1. The number of carboxylic acids is 1. The first-order valence-corrected chi connectivity index (χ1v) is 6.09. The molecule has 20 heavy (non-hydrogen) atoms. The first-order valence-electron chi connectivity index (χ1n) is 6.09. The summed E-state index contributed by atoms with van der Waals surface area (Å²) in [5, 5.41) is 20.0. The van der Waals surface area contributed by atoms with Crippen molar-refractivity contribution in [1.29, 1.82) is 5.26 Å². The molecule has 6 nitrogen and oxygen atoms in total. The number of nitrogens with zero attached hydrogens (tertiary/aromatic N) is 1. The molecular formula is C14H16N2O4. The van der Waals surface area contributed by atoms with E-state index in [0.29, 0.717) is 11.3 Å². The van der Waals surface area contributed by atoms with Crippen molar-refractivity contribution < 1.29 is 19.4 Å². The molecule has 0 saturated carbocycles. The molecule has 1 rings (SSSR count). The van der Waals surface area contributed by atoms with Gasteiger partial charge in [-0.25, -0.2) is 4.79 Å². The number of carbonyl (C=O) groups excluding carboxylic acids is 1. The van der Waals surface area contributed by atoms with E-state index in [2.05, 4.69) is 5.32 Å². The van der Waals surface area contributed by atoms with Crippen molar-refractivity contribution in [3.05, 3.63) is 29.8 Å². The summed E-state index contributed by atoms with van der Waals surface area (Å²) in [6.07, 6.45) is 0. The van der Waals surface area contributed by atoms with Crippen molar-refractivity contribution in [2.75, 3.05) is 6.61 Å². The number of carbonyl (C=O) groups is 2. The highest BCUT2D eigenvalue weighted by Gasteiger charge is 2.23. The maximum atomic E-state index is 11.6. The fraction of sp³-hybridized carbons (Fsp3) is 0.357. The van der Waals surface area contributed by atoms with Crippen LogP contribution in [0.5, 0.6) is 5.75 Å². The van der Waals surface area contributed by atoms with Gasteiger partial charge in [-0.2, -0.15) is 5.26 Å². The number of nitriles is 1. The Bertz CT molecular complexity index is 517. The van der Waals surface area contributed by atoms with Gasteiger partial charge >= 0.3 is 5.97 Å². The number of rotatable bonds is 6. The van der Waals surface area contributed by atoms with Crippen LogP contribution in [0.4, 0.5) is 0 Å². The highest BCUT2D eigenvalue weighted by atomic mass is 16.5. The number of aliphatic carboxylic acids is 1. The van der Waals surface area contributed by atoms with E-state index in [-0.39, 0.29) is 12.5 Å². The van der Waals surface area contributed by atoms with Crippen LogP contribution in [-0.2, 0) is 9.59 Å². The summed E-state index contributed by atoms with van der Waals surface area (Å²) in [7, 11) is 0. The minimum absolute atomic E-state index is 0.216. The summed E-state index contributed by atoms with van der Waals surface area (Å²) < 4.78 is 5.21. The minimum Gasteiger partial charge on any atom is -0.484 e. The van der Waals surface area contributed by atoms with E-state index in [1.807, 2.05) is 6.07 Å². The summed E-state index contributed by atoms with van der Waals surface area (Å²) in [6, 6.07) is 7.32. The smallest absolute Gasteiger partial charge is 0.326 e. The van der Waals surface area contributed by atoms with Gasteiger partial charge in [-0.05, 0) is 30.2 Å². The molecular weight excluding hydrogens is 260 g/mol. The van der Waals surface area contributed by atoms with Gasteiger partial charge < -0.3 is 15.2 Å². The van der Waals surface area contributed by atoms with E-state index >= 15 is 0 Å². The van der Waals surface area contributed by atoms with Gasteiger partial charge in [-0.1, -0.05) is 13.8 Å². The molecule has 106 valence electrons. The summed E-state index contributed by atoms with van der Waals surface area (Å²) >= 11 is 0. The van der Waals surface area contributed by atoms with Gasteiger partial charge in [0, 0.05) is 0 Å². The number of hydrogen-bond donors (Lipinski definition) is 2. The maximum absolute atomic E-state index is 11.6. The van der Waals surface area contributed by atoms with E-state index < -0.39 is 17.9 Å². The van der Waals surface area contributed by atoms with Gasteiger partial charge in [-0.3, -0.25) is 4.79 Å². The number of nitrogens with one attached hydrogen (secondary N) is 1. The molecule has 0 aliphatic rings. The Morgan fingerprint density at radius 1 is 1.35 bits per heavy atom. The average molecular weight is 276 g/mol. The second kappa shape index (κ2) is 7.14. The van der Waals surface area contributed by atoms with Gasteiger partial charge in [0.15, 0.2) is 6.61 Å². The average Bonchev–Trinajstić information content (AvgIpc) is 2.42. The highest BCUT2D eigenvalue weighted by Crippen LogP contribution is 2.11. The van der Waals surface area contributed by atoms with Crippen LogP contribution in [0.3, 0.4) is 0 Å². The third-order valence-corrected chi connectivity index (χ3v) is 2.60. The predicted octanol–water partition coefficient (Wildman–Crippen LogP) is 1.16. The molecule has 1 aromatic rings. The Hall–Kier alpha value is -2.55. The molecule has 0 radical (unpaired) electrons. The lowest BCUT2D eigenvalue weighted by Crippen LogP contribution is -2.46. The molecule has 0 aromatic heterocycles. The zero-order valence-electron chi connectivity index (χ0n) is 11.3. The van der Waals surface area contributed by atoms with Crippen LogP contribution in [0.25, 0.3) is 0 Å². The Morgan fingerprint density at radius 3 is 2.40 bits per heavy atom. The van der Waals surface area contributed by atoms with Gasteiger partial charge in [-0.15, -0.1) is 0 Å². The van der Waals surface area contributed by atoms with Crippen LogP contribution in [0.15, 0.2) is 24.3 Å². The second-order valence-electron chi connectivity index (χ2n) is 4.55. The van der Waals surface area contributed by atoms with Crippen molar-refractivity contribution in [2.24, 2.45) is 5.92 Å². The van der Waals surface area contributed by atoms with Gasteiger partial charge in [0.05, 0.1) is 11.6 Å². The van der Waals surface area contributed by atoms with Crippen molar-refractivity contribution in [1.82, 2.24) is 5.32 Å². The van der Waals surface area contributed by atoms with Crippen LogP contribution < -0.4 is 10.1 Å². The fourth-order valence-corrected chi connectivity index (χ4v) is 1.50. The Labute approximate surface area is 117 Å². The van der Waals surface area contributed by atoms with Gasteiger partial charge in [0.2, 0.25) is 0 Å². The maximum Gasteiger partial charge on any atom is 0.326 e. The largest absolute Gasteiger partial charge is 0.484 e. The molecule has 0 saturated heterocycles. The monoisotopic (exact) mass is 276 g/mol. The summed E-state index contributed by atoms with van der Waals surface area (Å²) in [4.78, 5) is 22.5. The lowest BCUT2D eigenvalue weighted by Gasteiger charge is -2.17. The van der Waals surface area contributed by atoms with E-state index in [1.165, 1.54) is 0 Å². The van der Waals surface area contributed by atoms with Crippen LogP contribution in [0, 0.1) is 17.2 Å². The minimum atomic E-state index is -1.08. The normalized spacial score (nSPS) is 11.5. The molecule has 0 aliphatic carbocycles. The molecule has 2 N–H and O–H groups in total. The summed E-state index contributed by atoms with van der Waals surface area (Å²) in [5.41, 5.74) is 0.493. The van der Waals surface area contributed by atoms with E-state index in [9.17, 15) is 9.59 Å². The molecule has 0 fully saturated rings. The Morgan fingerprint density at radius 2 is 1.95 bits per heavy atom. The standard InChI is InChI=1S/C14H16N2O4/c1-9(2)13(14(18)19)16-12(17)8-20-11-5-3-10(7-15)4-6-11/h3-6,9,13H,8H2,1-2H3,(H,16,17)(H,18,19). The second-order valence-corrected chi connectivity index (χ2v) is 4.55. The van der Waals surface area contributed by atoms with Crippen molar-refractivity contribution >= 4 is 11.9 Å². The van der Waals surface area contributed by atoms with E-state index in [0.717, 1.165) is 0 Å². The fourth-order valence-electron chi connectivity index (χ4n) is 1.50. The van der Waals surface area contributed by atoms with Gasteiger partial charge in [0.25, 0.3) is 5.91 Å². The molecule has 1 unspecified atom stereocenters. The molecule has 0 aliphatic heterocycles. The third kappa shape index (κ3) is 4.61. The molecule has 1 atom stereocenters. The zero-order chi connectivity index (χ0) is 15.1. The predicted molar refractivity (Wildman–Crippen MR) is 71.1 cm³/mol. The first kappa shape index (κ1) is 15.5. The Balaban J connectivity index is 2.50. The Kier molecular flexibility index (Phi) is 5.54. The van der Waals surface area contributed by atoms with Crippen LogP contribution in [-0.4, -0.2) is 29.6 Å². The van der Waals surface area contributed by atoms with E-state index in [4.69, 9.17) is 15.1 Å². The lowest BCUT2D eigenvalue weighted by atomic mass is 10.1. The van der Waals surface area contributed by atoms with Crippen molar-refractivity contribution in [2.45, 2.75) is 19.9 Å². The zero-order valence-corrected chi connectivity index (χ0v) is 11.3. The third-order valence-electron chi connectivity index (χ3n) is 2.60. The molecule has 1 amide bonds. The summed E-state index contributed by atoms with van der Waals surface area (Å²) in [6.45, 7) is 3.14. The van der Waals surface area contributed by atoms with Crippen LogP contribution in [0.2, 0.25) is 0 Å². The van der Waals surface area contributed by atoms with Crippen molar-refractivity contribution in [3.8, 4) is 11.8 Å². The molecule has 6 heteroatoms. The van der Waals surface area contributed by atoms with Crippen LogP contribution >= 0.6 is 0 Å². The van der Waals surface area contributed by atoms with Crippen molar-refractivity contribution in [3.63, 3.8) is 0 Å².